The molecule has 0 aliphatic rings. The summed E-state index contributed by atoms with van der Waals surface area (Å²) < 4.78 is 40.2. The van der Waals surface area contributed by atoms with E-state index >= 15 is 0 Å². The minimum Gasteiger partial charge on any atom is -0.337 e. The summed E-state index contributed by atoms with van der Waals surface area (Å²) in [7, 11) is 0. The van der Waals surface area contributed by atoms with Crippen molar-refractivity contribution in [2.45, 2.75) is 12.7 Å². The van der Waals surface area contributed by atoms with Crippen molar-refractivity contribution < 1.29 is 13.2 Å². The summed E-state index contributed by atoms with van der Waals surface area (Å²) in [4.78, 5) is 0. The monoisotopic (exact) mass is 435 g/mol. The van der Waals surface area contributed by atoms with Crippen molar-refractivity contribution >= 4 is 34.7 Å². The average Bonchev–Trinajstić information content (AvgIpc) is 3.00. The molecule has 3 aromatic rings. The molecule has 0 atom stereocenters. The summed E-state index contributed by atoms with van der Waals surface area (Å²) in [6.45, 7) is 0.204. The van der Waals surface area contributed by atoms with Crippen molar-refractivity contribution in [2.24, 2.45) is 0 Å². The highest BCUT2D eigenvalue weighted by molar-refractivity contribution is 6.39. The molecule has 0 unspecified atom stereocenters. The molecule has 3 rings (SSSR count). The summed E-state index contributed by atoms with van der Waals surface area (Å²) in [6, 6.07) is 14.3. The Morgan fingerprint density at radius 3 is 2.17 bits per heavy atom. The van der Waals surface area contributed by atoms with Gasteiger partial charge in [0.1, 0.15) is 23.5 Å². The third-order valence-electron chi connectivity index (χ3n) is 3.96. The van der Waals surface area contributed by atoms with Gasteiger partial charge < -0.3 is 5.32 Å². The highest BCUT2D eigenvalue weighted by Gasteiger charge is 2.32. The van der Waals surface area contributed by atoms with Crippen LogP contribution in [0.15, 0.2) is 42.5 Å². The Morgan fingerprint density at radius 2 is 1.66 bits per heavy atom. The number of nitriles is 2. The van der Waals surface area contributed by atoms with Crippen LogP contribution in [0.2, 0.25) is 10.0 Å². The molecule has 146 valence electrons. The van der Waals surface area contributed by atoms with Crippen LogP contribution < -0.4 is 5.32 Å². The number of halogens is 5. The first-order valence-electron chi connectivity index (χ1n) is 8.02. The zero-order valence-electron chi connectivity index (χ0n) is 14.4. The zero-order chi connectivity index (χ0) is 21.2. The van der Waals surface area contributed by atoms with Crippen molar-refractivity contribution in [1.82, 2.24) is 9.78 Å². The second kappa shape index (κ2) is 8.04. The maximum absolute atomic E-state index is 12.9. The van der Waals surface area contributed by atoms with E-state index in [1.807, 2.05) is 42.5 Å². The highest BCUT2D eigenvalue weighted by Crippen LogP contribution is 2.40. The van der Waals surface area contributed by atoms with E-state index in [0.717, 1.165) is 17.7 Å². The topological polar surface area (TPSA) is 77.4 Å². The minimum atomic E-state index is -4.62. The van der Waals surface area contributed by atoms with Crippen molar-refractivity contribution in [3.8, 4) is 12.1 Å². The molecule has 0 spiro atoms. The number of rotatable bonds is 4. The predicted molar refractivity (Wildman–Crippen MR) is 102 cm³/mol. The maximum Gasteiger partial charge on any atom is 0.416 e. The molecule has 0 bridgehead atoms. The molecule has 5 nitrogen and oxygen atoms in total. The first kappa shape index (κ1) is 20.5. The Kier molecular flexibility index (Phi) is 5.69. The molecule has 1 heterocycles. The van der Waals surface area contributed by atoms with Gasteiger partial charge in [-0.15, -0.1) is 0 Å². The number of nitrogens with zero attached hydrogens (tertiary/aromatic N) is 4. The van der Waals surface area contributed by atoms with Crippen molar-refractivity contribution in [3.63, 3.8) is 0 Å². The van der Waals surface area contributed by atoms with Gasteiger partial charge in [0.15, 0.2) is 5.69 Å². The molecule has 0 fully saturated rings. The Balaban J connectivity index is 2.08. The first-order chi connectivity index (χ1) is 13.7. The molecular weight excluding hydrogens is 426 g/mol. The number of nitrogens with one attached hydrogen (secondary N) is 1. The van der Waals surface area contributed by atoms with Crippen LogP contribution >= 0.6 is 23.2 Å². The third kappa shape index (κ3) is 4.29. The van der Waals surface area contributed by atoms with Crippen LogP contribution in [0.1, 0.15) is 22.4 Å². The third-order valence-corrected chi connectivity index (χ3v) is 4.55. The van der Waals surface area contributed by atoms with Crippen LogP contribution in [0.5, 0.6) is 0 Å². The maximum atomic E-state index is 12.9. The van der Waals surface area contributed by atoms with Gasteiger partial charge in [0.05, 0.1) is 27.8 Å². The molecule has 0 aliphatic heterocycles. The van der Waals surface area contributed by atoms with Gasteiger partial charge in [-0.1, -0.05) is 53.5 Å². The van der Waals surface area contributed by atoms with Gasteiger partial charge in [-0.3, -0.25) is 0 Å². The van der Waals surface area contributed by atoms with Crippen LogP contribution in [0.25, 0.3) is 0 Å². The van der Waals surface area contributed by atoms with Crippen molar-refractivity contribution in [1.29, 1.82) is 10.5 Å². The van der Waals surface area contributed by atoms with Gasteiger partial charge in [0, 0.05) is 0 Å². The van der Waals surface area contributed by atoms with Gasteiger partial charge in [0.25, 0.3) is 0 Å². The number of aromatic nitrogens is 2. The second-order valence-electron chi connectivity index (χ2n) is 5.88. The minimum absolute atomic E-state index is 0.0310. The van der Waals surface area contributed by atoms with Crippen LogP contribution in [-0.2, 0) is 12.7 Å². The van der Waals surface area contributed by atoms with Crippen LogP contribution in [0, 0.1) is 22.7 Å². The normalized spacial score (nSPS) is 11.0. The molecular formula is C19H10Cl2F3N5. The SMILES string of the molecule is N#Cc1nn(Cc2ccccc2)c(Nc2c(Cl)cc(C(F)(F)F)cc2Cl)c1C#N. The molecule has 1 aromatic heterocycles. The van der Waals surface area contributed by atoms with E-state index in [9.17, 15) is 23.7 Å². The van der Waals surface area contributed by atoms with Crippen LogP contribution in [0.3, 0.4) is 0 Å². The van der Waals surface area contributed by atoms with Gasteiger partial charge in [-0.2, -0.15) is 28.8 Å². The molecule has 0 radical (unpaired) electrons. The average molecular weight is 436 g/mol. The highest BCUT2D eigenvalue weighted by atomic mass is 35.5. The molecule has 1 N–H and O–H groups in total. The molecule has 2 aromatic carbocycles. The molecule has 0 aliphatic carbocycles. The summed E-state index contributed by atoms with van der Waals surface area (Å²) in [5, 5.41) is 25.0. The number of hydrogen-bond donors (Lipinski definition) is 1. The number of benzene rings is 2. The summed E-state index contributed by atoms with van der Waals surface area (Å²) in [6.07, 6.45) is -4.62. The predicted octanol–water partition coefficient (Wildman–Crippen LogP) is 5.74. The molecule has 0 saturated heterocycles. The lowest BCUT2D eigenvalue weighted by molar-refractivity contribution is -0.137. The van der Waals surface area contributed by atoms with E-state index in [4.69, 9.17) is 23.2 Å². The zero-order valence-corrected chi connectivity index (χ0v) is 15.9. The van der Waals surface area contributed by atoms with E-state index in [2.05, 4.69) is 10.4 Å². The Bertz CT molecular complexity index is 1120. The summed E-state index contributed by atoms with van der Waals surface area (Å²) in [5.41, 5.74) is -0.414. The van der Waals surface area contributed by atoms with Gasteiger partial charge in [0.2, 0.25) is 0 Å². The Hall–Kier alpha value is -3.20. The number of anilines is 2. The molecule has 0 saturated carbocycles. The van der Waals surface area contributed by atoms with Gasteiger partial charge in [-0.05, 0) is 17.7 Å². The van der Waals surface area contributed by atoms with E-state index in [0.29, 0.717) is 0 Å². The fourth-order valence-electron chi connectivity index (χ4n) is 2.62. The Morgan fingerprint density at radius 1 is 1.03 bits per heavy atom. The van der Waals surface area contributed by atoms with E-state index < -0.39 is 11.7 Å². The smallest absolute Gasteiger partial charge is 0.337 e. The number of alkyl halides is 3. The van der Waals surface area contributed by atoms with Gasteiger partial charge >= 0.3 is 6.18 Å². The van der Waals surface area contributed by atoms with Crippen LogP contribution in [0.4, 0.5) is 24.7 Å². The Labute approximate surface area is 173 Å². The van der Waals surface area contributed by atoms with Crippen LogP contribution in [-0.4, -0.2) is 9.78 Å². The van der Waals surface area contributed by atoms with Crippen molar-refractivity contribution in [2.75, 3.05) is 5.32 Å². The fraction of sp³-hybridized carbons (Fsp3) is 0.105. The lowest BCUT2D eigenvalue weighted by atomic mass is 10.2. The number of hydrogen-bond acceptors (Lipinski definition) is 4. The van der Waals surface area contributed by atoms with Gasteiger partial charge in [-0.25, -0.2) is 4.68 Å². The second-order valence-corrected chi connectivity index (χ2v) is 6.69. The standard InChI is InChI=1S/C19H10Cl2F3N5/c20-14-6-12(19(22,23)24)7-15(21)17(14)27-18-13(8-25)16(9-26)28-29(18)10-11-4-2-1-3-5-11/h1-7,27H,10H2. The molecule has 0 amide bonds. The fourth-order valence-corrected chi connectivity index (χ4v) is 3.20. The summed E-state index contributed by atoms with van der Waals surface area (Å²) >= 11 is 12.0. The van der Waals surface area contributed by atoms with Crippen molar-refractivity contribution in [3.05, 3.63) is 74.9 Å². The molecule has 10 heteroatoms. The van der Waals surface area contributed by atoms with E-state index in [1.165, 1.54) is 4.68 Å². The lowest BCUT2D eigenvalue weighted by Gasteiger charge is -2.15. The quantitative estimate of drug-likeness (QED) is 0.566. The van der Waals surface area contributed by atoms with E-state index in [-0.39, 0.29) is 39.4 Å². The largest absolute Gasteiger partial charge is 0.416 e. The van der Waals surface area contributed by atoms with E-state index in [1.54, 1.807) is 0 Å². The first-order valence-corrected chi connectivity index (χ1v) is 8.78. The molecule has 29 heavy (non-hydrogen) atoms. The lowest BCUT2D eigenvalue weighted by Crippen LogP contribution is -2.09. The summed E-state index contributed by atoms with van der Waals surface area (Å²) in [5.74, 6) is 0.0939.